The monoisotopic (exact) mass is 258 g/mol. The van der Waals surface area contributed by atoms with Gasteiger partial charge in [-0.2, -0.15) is 0 Å². The molecule has 1 rings (SSSR count). The fourth-order valence-corrected chi connectivity index (χ4v) is 2.21. The van der Waals surface area contributed by atoms with Gasteiger partial charge in [0.05, 0.1) is 13.7 Å². The number of ether oxygens (including phenoxy) is 1. The third-order valence-corrected chi connectivity index (χ3v) is 2.88. The molecule has 1 aromatic carbocycles. The maximum atomic E-state index is 9.10. The standard InChI is InChI=1S/C11H15BrO2/c1-7(2)9-5-11(14-3)8(6-13)4-10(9)12/h4-5,7,13H,6H2,1-3H3. The van der Waals surface area contributed by atoms with Crippen molar-refractivity contribution in [1.82, 2.24) is 0 Å². The molecule has 0 amide bonds. The molecule has 0 unspecified atom stereocenters. The molecule has 0 spiro atoms. The van der Waals surface area contributed by atoms with Crippen LogP contribution < -0.4 is 4.74 Å². The number of aliphatic hydroxyl groups is 1. The van der Waals surface area contributed by atoms with Crippen molar-refractivity contribution in [1.29, 1.82) is 0 Å². The summed E-state index contributed by atoms with van der Waals surface area (Å²) in [4.78, 5) is 0. The SMILES string of the molecule is COc1cc(C(C)C)c(Br)cc1CO. The van der Waals surface area contributed by atoms with Crippen molar-refractivity contribution in [2.75, 3.05) is 7.11 Å². The number of hydrogen-bond acceptors (Lipinski definition) is 2. The normalized spacial score (nSPS) is 10.7. The van der Waals surface area contributed by atoms with Crippen LogP contribution in [-0.2, 0) is 6.61 Å². The van der Waals surface area contributed by atoms with E-state index >= 15 is 0 Å². The van der Waals surface area contributed by atoms with Gasteiger partial charge in [0.25, 0.3) is 0 Å². The maximum absolute atomic E-state index is 9.10. The molecule has 0 saturated carbocycles. The first-order valence-corrected chi connectivity index (χ1v) is 5.36. The zero-order valence-corrected chi connectivity index (χ0v) is 10.3. The summed E-state index contributed by atoms with van der Waals surface area (Å²) in [5.74, 6) is 1.19. The van der Waals surface area contributed by atoms with Gasteiger partial charge >= 0.3 is 0 Å². The number of methoxy groups -OCH3 is 1. The lowest BCUT2D eigenvalue weighted by molar-refractivity contribution is 0.273. The van der Waals surface area contributed by atoms with Crippen molar-refractivity contribution in [2.24, 2.45) is 0 Å². The van der Waals surface area contributed by atoms with E-state index in [1.807, 2.05) is 12.1 Å². The Hall–Kier alpha value is -0.540. The van der Waals surface area contributed by atoms with Crippen molar-refractivity contribution < 1.29 is 9.84 Å². The summed E-state index contributed by atoms with van der Waals surface area (Å²) in [6.07, 6.45) is 0. The second-order valence-electron chi connectivity index (χ2n) is 3.50. The predicted octanol–water partition coefficient (Wildman–Crippen LogP) is 3.07. The van der Waals surface area contributed by atoms with Gasteiger partial charge in [-0.15, -0.1) is 0 Å². The van der Waals surface area contributed by atoms with E-state index in [-0.39, 0.29) is 6.61 Å². The minimum atomic E-state index is 0.000147. The molecule has 0 aliphatic rings. The molecule has 0 bridgehead atoms. The highest BCUT2D eigenvalue weighted by molar-refractivity contribution is 9.10. The van der Waals surface area contributed by atoms with Crippen LogP contribution in [0.25, 0.3) is 0 Å². The molecule has 0 radical (unpaired) electrons. The molecule has 0 saturated heterocycles. The molecular formula is C11H15BrO2. The van der Waals surface area contributed by atoms with Gasteiger partial charge in [0, 0.05) is 10.0 Å². The van der Waals surface area contributed by atoms with Crippen LogP contribution in [0.5, 0.6) is 5.75 Å². The van der Waals surface area contributed by atoms with Gasteiger partial charge in [-0.3, -0.25) is 0 Å². The minimum Gasteiger partial charge on any atom is -0.496 e. The summed E-state index contributed by atoms with van der Waals surface area (Å²) < 4.78 is 6.23. The maximum Gasteiger partial charge on any atom is 0.124 e. The molecule has 3 heteroatoms. The zero-order valence-electron chi connectivity index (χ0n) is 8.67. The average molecular weight is 259 g/mol. The van der Waals surface area contributed by atoms with Crippen molar-refractivity contribution in [3.63, 3.8) is 0 Å². The first kappa shape index (κ1) is 11.5. The van der Waals surface area contributed by atoms with Crippen molar-refractivity contribution in [2.45, 2.75) is 26.4 Å². The van der Waals surface area contributed by atoms with Crippen LogP contribution in [0.15, 0.2) is 16.6 Å². The van der Waals surface area contributed by atoms with E-state index in [9.17, 15) is 0 Å². The molecule has 0 aliphatic carbocycles. The second kappa shape index (κ2) is 4.80. The Kier molecular flexibility index (Phi) is 3.96. The summed E-state index contributed by atoms with van der Waals surface area (Å²) in [7, 11) is 1.62. The van der Waals surface area contributed by atoms with Gasteiger partial charge in [-0.05, 0) is 23.6 Å². The van der Waals surface area contributed by atoms with Gasteiger partial charge in [0.2, 0.25) is 0 Å². The van der Waals surface area contributed by atoms with E-state index in [4.69, 9.17) is 9.84 Å². The molecular weight excluding hydrogens is 244 g/mol. The summed E-state index contributed by atoms with van der Waals surface area (Å²) in [6, 6.07) is 3.88. The summed E-state index contributed by atoms with van der Waals surface area (Å²) in [5.41, 5.74) is 2.00. The fraction of sp³-hybridized carbons (Fsp3) is 0.455. The molecule has 14 heavy (non-hydrogen) atoms. The average Bonchev–Trinajstić information content (AvgIpc) is 2.16. The number of hydrogen-bond donors (Lipinski definition) is 1. The zero-order chi connectivity index (χ0) is 10.7. The number of rotatable bonds is 3. The van der Waals surface area contributed by atoms with Crippen molar-refractivity contribution >= 4 is 15.9 Å². The van der Waals surface area contributed by atoms with E-state index in [0.717, 1.165) is 15.8 Å². The molecule has 0 aromatic heterocycles. The van der Waals surface area contributed by atoms with Gasteiger partial charge in [0.15, 0.2) is 0 Å². The third-order valence-electron chi connectivity index (χ3n) is 2.19. The van der Waals surface area contributed by atoms with E-state index < -0.39 is 0 Å². The summed E-state index contributed by atoms with van der Waals surface area (Å²) >= 11 is 3.49. The Balaban J connectivity index is 3.23. The van der Waals surface area contributed by atoms with Crippen molar-refractivity contribution in [3.8, 4) is 5.75 Å². The van der Waals surface area contributed by atoms with Crippen LogP contribution in [0.4, 0.5) is 0 Å². The molecule has 0 atom stereocenters. The largest absolute Gasteiger partial charge is 0.496 e. The fourth-order valence-electron chi connectivity index (χ4n) is 1.37. The molecule has 2 nitrogen and oxygen atoms in total. The number of benzene rings is 1. The lowest BCUT2D eigenvalue weighted by Gasteiger charge is -2.13. The van der Waals surface area contributed by atoms with Crippen LogP contribution in [-0.4, -0.2) is 12.2 Å². The van der Waals surface area contributed by atoms with Crippen LogP contribution in [0.3, 0.4) is 0 Å². The first-order valence-electron chi connectivity index (χ1n) is 4.57. The molecule has 1 aromatic rings. The minimum absolute atomic E-state index is 0.000147. The highest BCUT2D eigenvalue weighted by Crippen LogP contribution is 2.31. The van der Waals surface area contributed by atoms with E-state index in [2.05, 4.69) is 29.8 Å². The van der Waals surface area contributed by atoms with Crippen LogP contribution >= 0.6 is 15.9 Å². The predicted molar refractivity (Wildman–Crippen MR) is 60.7 cm³/mol. The Morgan fingerprint density at radius 1 is 1.43 bits per heavy atom. The van der Waals surface area contributed by atoms with Crippen LogP contribution in [0.1, 0.15) is 30.9 Å². The topological polar surface area (TPSA) is 29.5 Å². The molecule has 0 fully saturated rings. The number of halogens is 1. The van der Waals surface area contributed by atoms with Gasteiger partial charge in [-0.1, -0.05) is 29.8 Å². The molecule has 0 aliphatic heterocycles. The Morgan fingerprint density at radius 2 is 2.07 bits per heavy atom. The van der Waals surface area contributed by atoms with E-state index in [1.165, 1.54) is 5.56 Å². The van der Waals surface area contributed by atoms with Gasteiger partial charge in [0.1, 0.15) is 5.75 Å². The van der Waals surface area contributed by atoms with Gasteiger partial charge in [-0.25, -0.2) is 0 Å². The number of aliphatic hydroxyl groups excluding tert-OH is 1. The van der Waals surface area contributed by atoms with Crippen LogP contribution in [0.2, 0.25) is 0 Å². The second-order valence-corrected chi connectivity index (χ2v) is 4.35. The van der Waals surface area contributed by atoms with E-state index in [0.29, 0.717) is 5.92 Å². The van der Waals surface area contributed by atoms with Crippen molar-refractivity contribution in [3.05, 3.63) is 27.7 Å². The molecule has 1 N–H and O–H groups in total. The first-order chi connectivity index (χ1) is 6.60. The quantitative estimate of drug-likeness (QED) is 0.903. The lowest BCUT2D eigenvalue weighted by atomic mass is 10.0. The lowest BCUT2D eigenvalue weighted by Crippen LogP contribution is -1.97. The highest BCUT2D eigenvalue weighted by atomic mass is 79.9. The Bertz CT molecular complexity index is 321. The van der Waals surface area contributed by atoms with E-state index in [1.54, 1.807) is 7.11 Å². The third kappa shape index (κ3) is 2.28. The van der Waals surface area contributed by atoms with Crippen LogP contribution in [0, 0.1) is 0 Å². The molecule has 0 heterocycles. The smallest absolute Gasteiger partial charge is 0.124 e. The highest BCUT2D eigenvalue weighted by Gasteiger charge is 2.10. The van der Waals surface area contributed by atoms with Gasteiger partial charge < -0.3 is 9.84 Å². The Labute approximate surface area is 93.0 Å². The summed E-state index contributed by atoms with van der Waals surface area (Å²) in [6.45, 7) is 4.25. The summed E-state index contributed by atoms with van der Waals surface area (Å²) in [5, 5.41) is 9.10. The molecule has 78 valence electrons. The Morgan fingerprint density at radius 3 is 2.50 bits per heavy atom.